The SMILES string of the molecule is CCC(=O)N1CCCc2c(cnn2-c2ccc(OC)cc2)C1. The largest absolute Gasteiger partial charge is 0.497 e. The zero-order valence-electron chi connectivity index (χ0n) is 13.1. The van der Waals surface area contributed by atoms with E-state index in [0.29, 0.717) is 13.0 Å². The van der Waals surface area contributed by atoms with Gasteiger partial charge in [-0.15, -0.1) is 0 Å². The third-order valence-electron chi connectivity index (χ3n) is 4.13. The molecule has 0 aliphatic carbocycles. The normalized spacial score (nSPS) is 14.4. The molecule has 0 saturated heterocycles. The van der Waals surface area contributed by atoms with Gasteiger partial charge in [0.2, 0.25) is 5.91 Å². The number of nitrogens with zero attached hydrogens (tertiary/aromatic N) is 3. The van der Waals surface area contributed by atoms with Gasteiger partial charge in [0.15, 0.2) is 0 Å². The summed E-state index contributed by atoms with van der Waals surface area (Å²) in [5.41, 5.74) is 3.38. The van der Waals surface area contributed by atoms with E-state index in [1.54, 1.807) is 7.11 Å². The quantitative estimate of drug-likeness (QED) is 0.875. The fourth-order valence-corrected chi connectivity index (χ4v) is 2.91. The van der Waals surface area contributed by atoms with Crippen LogP contribution in [0.25, 0.3) is 5.69 Å². The monoisotopic (exact) mass is 299 g/mol. The summed E-state index contributed by atoms with van der Waals surface area (Å²) in [7, 11) is 1.66. The first-order chi connectivity index (χ1) is 10.7. The minimum absolute atomic E-state index is 0.213. The lowest BCUT2D eigenvalue weighted by Gasteiger charge is -2.19. The van der Waals surface area contributed by atoms with E-state index in [1.165, 1.54) is 5.69 Å². The second kappa shape index (κ2) is 6.22. The first-order valence-corrected chi connectivity index (χ1v) is 7.71. The lowest BCUT2D eigenvalue weighted by atomic mass is 10.2. The van der Waals surface area contributed by atoms with Crippen molar-refractivity contribution in [3.05, 3.63) is 41.7 Å². The lowest BCUT2D eigenvalue weighted by Crippen LogP contribution is -2.29. The standard InChI is InChI=1S/C17H21N3O2/c1-3-17(21)19-10-4-5-16-13(12-19)11-18-20(16)14-6-8-15(22-2)9-7-14/h6-9,11H,3-5,10,12H2,1-2H3. The van der Waals surface area contributed by atoms with Crippen molar-refractivity contribution in [2.75, 3.05) is 13.7 Å². The van der Waals surface area contributed by atoms with Gasteiger partial charge in [0.25, 0.3) is 0 Å². The molecular weight excluding hydrogens is 278 g/mol. The number of benzene rings is 1. The van der Waals surface area contributed by atoms with Crippen LogP contribution < -0.4 is 4.74 Å². The number of fused-ring (bicyclic) bond motifs is 1. The van der Waals surface area contributed by atoms with Crippen molar-refractivity contribution in [1.29, 1.82) is 0 Å². The van der Waals surface area contributed by atoms with Crippen LogP contribution in [0.1, 0.15) is 31.0 Å². The molecule has 0 fully saturated rings. The molecule has 0 atom stereocenters. The summed E-state index contributed by atoms with van der Waals surface area (Å²) in [6.07, 6.45) is 4.36. The molecule has 3 rings (SSSR count). The number of hydrogen-bond donors (Lipinski definition) is 0. The Balaban J connectivity index is 1.90. The van der Waals surface area contributed by atoms with Gasteiger partial charge in [-0.1, -0.05) is 6.92 Å². The maximum absolute atomic E-state index is 12.0. The number of ether oxygens (including phenoxy) is 1. The Hall–Kier alpha value is -2.30. The number of carbonyl (C=O) groups excluding carboxylic acids is 1. The molecule has 1 aliphatic heterocycles. The molecule has 2 aromatic rings. The van der Waals surface area contributed by atoms with E-state index in [-0.39, 0.29) is 5.91 Å². The number of aromatic nitrogens is 2. The van der Waals surface area contributed by atoms with Gasteiger partial charge in [0.05, 0.1) is 19.0 Å². The van der Waals surface area contributed by atoms with Gasteiger partial charge in [-0.05, 0) is 37.1 Å². The molecular formula is C17H21N3O2. The van der Waals surface area contributed by atoms with Crippen molar-refractivity contribution in [2.24, 2.45) is 0 Å². The van der Waals surface area contributed by atoms with E-state index in [4.69, 9.17) is 4.74 Å². The smallest absolute Gasteiger partial charge is 0.222 e. The summed E-state index contributed by atoms with van der Waals surface area (Å²) in [6, 6.07) is 7.89. The average molecular weight is 299 g/mol. The molecule has 0 radical (unpaired) electrons. The van der Waals surface area contributed by atoms with Crippen LogP contribution in [0.3, 0.4) is 0 Å². The van der Waals surface area contributed by atoms with Gasteiger partial charge in [0, 0.05) is 30.8 Å². The van der Waals surface area contributed by atoms with Crippen LogP contribution in [0.15, 0.2) is 30.5 Å². The minimum Gasteiger partial charge on any atom is -0.497 e. The number of rotatable bonds is 3. The molecule has 5 heteroatoms. The zero-order valence-corrected chi connectivity index (χ0v) is 13.1. The molecule has 22 heavy (non-hydrogen) atoms. The molecule has 116 valence electrons. The summed E-state index contributed by atoms with van der Waals surface area (Å²) in [5.74, 6) is 1.05. The van der Waals surface area contributed by atoms with Gasteiger partial charge in [0.1, 0.15) is 5.75 Å². The summed E-state index contributed by atoms with van der Waals surface area (Å²) in [5, 5.41) is 4.52. The molecule has 1 aromatic carbocycles. The molecule has 0 unspecified atom stereocenters. The number of carbonyl (C=O) groups is 1. The fourth-order valence-electron chi connectivity index (χ4n) is 2.91. The molecule has 1 aromatic heterocycles. The Kier molecular flexibility index (Phi) is 4.13. The highest BCUT2D eigenvalue weighted by Gasteiger charge is 2.21. The van der Waals surface area contributed by atoms with Crippen molar-refractivity contribution in [3.63, 3.8) is 0 Å². The Morgan fingerprint density at radius 2 is 2.09 bits per heavy atom. The molecule has 2 heterocycles. The number of amides is 1. The van der Waals surface area contributed by atoms with E-state index in [0.717, 1.165) is 36.4 Å². The number of methoxy groups -OCH3 is 1. The Labute approximate surface area is 130 Å². The van der Waals surface area contributed by atoms with E-state index in [2.05, 4.69) is 5.10 Å². The lowest BCUT2D eigenvalue weighted by molar-refractivity contribution is -0.131. The van der Waals surface area contributed by atoms with Crippen molar-refractivity contribution in [2.45, 2.75) is 32.7 Å². The zero-order chi connectivity index (χ0) is 15.5. The van der Waals surface area contributed by atoms with Crippen LogP contribution >= 0.6 is 0 Å². The maximum Gasteiger partial charge on any atom is 0.222 e. The van der Waals surface area contributed by atoms with E-state index in [1.807, 2.05) is 47.0 Å². The average Bonchev–Trinajstić information content (AvgIpc) is 2.84. The molecule has 5 nitrogen and oxygen atoms in total. The van der Waals surface area contributed by atoms with Crippen LogP contribution in [0.4, 0.5) is 0 Å². The van der Waals surface area contributed by atoms with Crippen LogP contribution in [-0.4, -0.2) is 34.2 Å². The third-order valence-corrected chi connectivity index (χ3v) is 4.13. The second-order valence-electron chi connectivity index (χ2n) is 5.50. The van der Waals surface area contributed by atoms with Crippen LogP contribution in [0.5, 0.6) is 5.75 Å². The molecule has 1 aliphatic rings. The number of hydrogen-bond acceptors (Lipinski definition) is 3. The van der Waals surface area contributed by atoms with Crippen molar-refractivity contribution in [1.82, 2.24) is 14.7 Å². The van der Waals surface area contributed by atoms with Gasteiger partial charge >= 0.3 is 0 Å². The highest BCUT2D eigenvalue weighted by atomic mass is 16.5. The maximum atomic E-state index is 12.0. The molecule has 0 saturated carbocycles. The van der Waals surface area contributed by atoms with Gasteiger partial charge in [-0.3, -0.25) is 4.79 Å². The van der Waals surface area contributed by atoms with E-state index >= 15 is 0 Å². The predicted molar refractivity (Wildman–Crippen MR) is 84.1 cm³/mol. The molecule has 0 N–H and O–H groups in total. The molecule has 0 bridgehead atoms. The summed E-state index contributed by atoms with van der Waals surface area (Å²) in [4.78, 5) is 13.9. The molecule has 1 amide bonds. The van der Waals surface area contributed by atoms with Crippen molar-refractivity contribution < 1.29 is 9.53 Å². The topological polar surface area (TPSA) is 47.4 Å². The van der Waals surface area contributed by atoms with Gasteiger partial charge in [-0.2, -0.15) is 5.10 Å². The van der Waals surface area contributed by atoms with Crippen molar-refractivity contribution in [3.8, 4) is 11.4 Å². The summed E-state index contributed by atoms with van der Waals surface area (Å²) in [6.45, 7) is 3.40. The summed E-state index contributed by atoms with van der Waals surface area (Å²) < 4.78 is 7.18. The molecule has 0 spiro atoms. The highest BCUT2D eigenvalue weighted by molar-refractivity contribution is 5.75. The van der Waals surface area contributed by atoms with E-state index < -0.39 is 0 Å². The summed E-state index contributed by atoms with van der Waals surface area (Å²) >= 11 is 0. The Bertz CT molecular complexity index is 661. The van der Waals surface area contributed by atoms with Crippen LogP contribution in [-0.2, 0) is 17.8 Å². The highest BCUT2D eigenvalue weighted by Crippen LogP contribution is 2.23. The second-order valence-corrected chi connectivity index (χ2v) is 5.50. The Morgan fingerprint density at radius 1 is 1.32 bits per heavy atom. The van der Waals surface area contributed by atoms with Crippen LogP contribution in [0.2, 0.25) is 0 Å². The van der Waals surface area contributed by atoms with Crippen LogP contribution in [0, 0.1) is 0 Å². The van der Waals surface area contributed by atoms with E-state index in [9.17, 15) is 4.79 Å². The van der Waals surface area contributed by atoms with Crippen molar-refractivity contribution >= 4 is 5.91 Å². The van der Waals surface area contributed by atoms with Gasteiger partial charge < -0.3 is 9.64 Å². The Morgan fingerprint density at radius 3 is 2.77 bits per heavy atom. The first kappa shape index (κ1) is 14.6. The third kappa shape index (κ3) is 2.71. The van der Waals surface area contributed by atoms with Gasteiger partial charge in [-0.25, -0.2) is 4.68 Å². The first-order valence-electron chi connectivity index (χ1n) is 7.71. The minimum atomic E-state index is 0.213. The fraction of sp³-hybridized carbons (Fsp3) is 0.412. The predicted octanol–water partition coefficient (Wildman–Crippen LogP) is 2.57.